The molecule has 0 bridgehead atoms. The van der Waals surface area contributed by atoms with Gasteiger partial charge in [0.15, 0.2) is 15.7 Å². The van der Waals surface area contributed by atoms with Crippen LogP contribution in [-0.2, 0) is 21.7 Å². The molecule has 7 nitrogen and oxygen atoms in total. The number of allylic oxidation sites excluding steroid dienone is 1. The zero-order chi connectivity index (χ0) is 23.3. The van der Waals surface area contributed by atoms with Gasteiger partial charge < -0.3 is 14.5 Å². The summed E-state index contributed by atoms with van der Waals surface area (Å²) >= 11 is 5.21. The van der Waals surface area contributed by atoms with Crippen LogP contribution in [0.25, 0.3) is 6.08 Å². The standard InChI is InChI=1S/C17H20ClF3N2O4S.CH4O/c1-3-28(26,27)13(6-11(9-24)10-4-5-10)15(25)16-22-8-12(23(16)2)7-14(18)17(19,20)21;1-2/h7-11,13H,3-6H2,1-2H3;2H,1H3. The molecule has 170 valence electrons. The molecule has 1 aliphatic rings. The number of sulfone groups is 1. The summed E-state index contributed by atoms with van der Waals surface area (Å²) in [4.78, 5) is 28.0. The van der Waals surface area contributed by atoms with Gasteiger partial charge in [-0.05, 0) is 31.3 Å². The second-order valence-electron chi connectivity index (χ2n) is 6.73. The minimum atomic E-state index is -4.76. The van der Waals surface area contributed by atoms with Gasteiger partial charge >= 0.3 is 6.18 Å². The first-order valence-corrected chi connectivity index (χ1v) is 11.1. The molecule has 1 N–H and O–H groups in total. The Balaban J connectivity index is 0.00000218. The van der Waals surface area contributed by atoms with Gasteiger partial charge in [-0.2, -0.15) is 13.2 Å². The topological polar surface area (TPSA) is 106 Å². The SMILES string of the molecule is CCS(=O)(=O)C(CC(C=O)C1CC1)C(=O)c1ncc(C=C(Cl)C(F)(F)F)n1C.CO. The molecule has 0 amide bonds. The lowest BCUT2D eigenvalue weighted by molar-refractivity contribution is -0.111. The Morgan fingerprint density at radius 3 is 2.40 bits per heavy atom. The summed E-state index contributed by atoms with van der Waals surface area (Å²) in [7, 11) is -1.56. The molecule has 0 saturated heterocycles. The largest absolute Gasteiger partial charge is 0.427 e. The number of carbonyl (C=O) groups is 2. The third kappa shape index (κ3) is 6.39. The highest BCUT2D eigenvalue weighted by molar-refractivity contribution is 7.92. The zero-order valence-electron chi connectivity index (χ0n) is 16.7. The van der Waals surface area contributed by atoms with Crippen LogP contribution >= 0.6 is 11.6 Å². The summed E-state index contributed by atoms with van der Waals surface area (Å²) in [6.07, 6.45) is -1.05. The number of aliphatic hydroxyl groups excluding tert-OH is 1. The number of alkyl halides is 3. The maximum absolute atomic E-state index is 12.9. The van der Waals surface area contributed by atoms with Crippen LogP contribution in [0.15, 0.2) is 11.2 Å². The van der Waals surface area contributed by atoms with Gasteiger partial charge in [0, 0.05) is 25.8 Å². The molecule has 30 heavy (non-hydrogen) atoms. The molecular weight excluding hydrogens is 449 g/mol. The molecule has 1 fully saturated rings. The van der Waals surface area contributed by atoms with Gasteiger partial charge in [0.2, 0.25) is 5.78 Å². The van der Waals surface area contributed by atoms with Gasteiger partial charge in [-0.15, -0.1) is 0 Å². The first-order valence-electron chi connectivity index (χ1n) is 9.04. The summed E-state index contributed by atoms with van der Waals surface area (Å²) in [5, 5.41) is 4.12. The van der Waals surface area contributed by atoms with Crippen LogP contribution in [-0.4, -0.2) is 59.4 Å². The maximum Gasteiger partial charge on any atom is 0.427 e. The number of imidazole rings is 1. The van der Waals surface area contributed by atoms with E-state index in [1.807, 2.05) is 0 Å². The summed E-state index contributed by atoms with van der Waals surface area (Å²) in [5.74, 6) is -1.96. The van der Waals surface area contributed by atoms with Crippen LogP contribution in [0.3, 0.4) is 0 Å². The van der Waals surface area contributed by atoms with E-state index in [-0.39, 0.29) is 29.6 Å². The number of halogens is 4. The van der Waals surface area contributed by atoms with Crippen LogP contribution in [0.2, 0.25) is 0 Å². The Labute approximate surface area is 177 Å². The Bertz CT molecular complexity index is 892. The quantitative estimate of drug-likeness (QED) is 0.437. The molecule has 1 aromatic rings. The van der Waals surface area contributed by atoms with E-state index >= 15 is 0 Å². The molecule has 0 aliphatic heterocycles. The molecular formula is C18H24ClF3N2O5S. The molecule has 1 heterocycles. The molecule has 1 saturated carbocycles. The van der Waals surface area contributed by atoms with Crippen LogP contribution in [0.5, 0.6) is 0 Å². The molecule has 2 rings (SSSR count). The van der Waals surface area contributed by atoms with Crippen molar-refractivity contribution in [2.24, 2.45) is 18.9 Å². The van der Waals surface area contributed by atoms with Gasteiger partial charge in [-0.25, -0.2) is 13.4 Å². The third-order valence-corrected chi connectivity index (χ3v) is 7.21. The Hall–Kier alpha value is -1.72. The number of hydrogen-bond donors (Lipinski definition) is 1. The second-order valence-corrected chi connectivity index (χ2v) is 9.61. The molecule has 0 spiro atoms. The molecule has 0 radical (unpaired) electrons. The zero-order valence-corrected chi connectivity index (χ0v) is 18.3. The minimum absolute atomic E-state index is 0.0605. The van der Waals surface area contributed by atoms with E-state index in [2.05, 4.69) is 4.98 Å². The van der Waals surface area contributed by atoms with Crippen molar-refractivity contribution >= 4 is 39.6 Å². The van der Waals surface area contributed by atoms with Crippen molar-refractivity contribution in [3.05, 3.63) is 22.7 Å². The van der Waals surface area contributed by atoms with Gasteiger partial charge in [-0.3, -0.25) is 4.79 Å². The predicted octanol–water partition coefficient (Wildman–Crippen LogP) is 2.77. The number of rotatable bonds is 9. The molecule has 0 aromatic carbocycles. The number of hydrogen-bond acceptors (Lipinski definition) is 6. The summed E-state index contributed by atoms with van der Waals surface area (Å²) < 4.78 is 63.9. The average Bonchev–Trinajstić information content (AvgIpc) is 3.47. The monoisotopic (exact) mass is 472 g/mol. The molecule has 1 aliphatic carbocycles. The summed E-state index contributed by atoms with van der Waals surface area (Å²) in [6.45, 7) is 1.39. The highest BCUT2D eigenvalue weighted by atomic mass is 35.5. The number of carbonyl (C=O) groups excluding carboxylic acids is 2. The van der Waals surface area contributed by atoms with Gasteiger partial charge in [0.1, 0.15) is 16.6 Å². The third-order valence-electron chi connectivity index (χ3n) is 4.81. The number of aromatic nitrogens is 2. The first kappa shape index (κ1) is 26.3. The Morgan fingerprint density at radius 2 is 1.97 bits per heavy atom. The Morgan fingerprint density at radius 1 is 1.40 bits per heavy atom. The van der Waals surface area contributed by atoms with Gasteiger partial charge in [0.05, 0.1) is 11.9 Å². The van der Waals surface area contributed by atoms with Crippen molar-refractivity contribution in [2.45, 2.75) is 37.6 Å². The number of Topliss-reactive ketones (excluding diaryl/α,β-unsaturated/α-hetero) is 1. The fraction of sp³-hybridized carbons (Fsp3) is 0.611. The molecule has 2 unspecified atom stereocenters. The van der Waals surface area contributed by atoms with E-state index in [0.29, 0.717) is 12.4 Å². The van der Waals surface area contributed by atoms with Gasteiger partial charge in [0.25, 0.3) is 0 Å². The number of aliphatic hydroxyl groups is 1. The normalized spacial score (nSPS) is 17.0. The number of nitrogens with zero attached hydrogens (tertiary/aromatic N) is 2. The van der Waals surface area contributed by atoms with Crippen molar-refractivity contribution in [2.75, 3.05) is 12.9 Å². The highest BCUT2D eigenvalue weighted by Crippen LogP contribution is 2.39. The van der Waals surface area contributed by atoms with Crippen molar-refractivity contribution in [1.82, 2.24) is 9.55 Å². The predicted molar refractivity (Wildman–Crippen MR) is 106 cm³/mol. The van der Waals surface area contributed by atoms with Crippen LogP contribution in [0.1, 0.15) is 42.5 Å². The fourth-order valence-electron chi connectivity index (χ4n) is 2.89. The van der Waals surface area contributed by atoms with E-state index in [0.717, 1.165) is 30.7 Å². The lowest BCUT2D eigenvalue weighted by atomic mass is 9.97. The van der Waals surface area contributed by atoms with E-state index < -0.39 is 38.0 Å². The lowest BCUT2D eigenvalue weighted by Gasteiger charge is -2.19. The fourth-order valence-corrected chi connectivity index (χ4v) is 4.35. The van der Waals surface area contributed by atoms with Crippen LogP contribution in [0.4, 0.5) is 13.2 Å². The number of ketones is 1. The Kier molecular flexibility index (Phi) is 9.25. The van der Waals surface area contributed by atoms with E-state index in [1.165, 1.54) is 14.0 Å². The van der Waals surface area contributed by atoms with Crippen molar-refractivity contribution < 1.29 is 36.3 Å². The van der Waals surface area contributed by atoms with Crippen molar-refractivity contribution in [3.8, 4) is 0 Å². The molecule has 12 heteroatoms. The second kappa shape index (κ2) is 10.5. The van der Waals surface area contributed by atoms with E-state index in [1.54, 1.807) is 0 Å². The molecule has 1 aromatic heterocycles. The lowest BCUT2D eigenvalue weighted by Crippen LogP contribution is -2.36. The first-order chi connectivity index (χ1) is 13.9. The van der Waals surface area contributed by atoms with Crippen LogP contribution < -0.4 is 0 Å². The van der Waals surface area contributed by atoms with Crippen molar-refractivity contribution in [3.63, 3.8) is 0 Å². The van der Waals surface area contributed by atoms with E-state index in [9.17, 15) is 31.2 Å². The van der Waals surface area contributed by atoms with Crippen molar-refractivity contribution in [1.29, 1.82) is 0 Å². The van der Waals surface area contributed by atoms with E-state index in [4.69, 9.17) is 16.7 Å². The molecule has 2 atom stereocenters. The summed E-state index contributed by atoms with van der Waals surface area (Å²) in [5.41, 5.74) is -0.104. The summed E-state index contributed by atoms with van der Waals surface area (Å²) in [6, 6.07) is 0. The minimum Gasteiger partial charge on any atom is -0.400 e. The average molecular weight is 473 g/mol. The smallest absolute Gasteiger partial charge is 0.400 e. The highest BCUT2D eigenvalue weighted by Gasteiger charge is 2.40. The van der Waals surface area contributed by atoms with Crippen LogP contribution in [0, 0.1) is 11.8 Å². The maximum atomic E-state index is 12.9. The number of aldehydes is 1. The van der Waals surface area contributed by atoms with Gasteiger partial charge in [-0.1, -0.05) is 18.5 Å².